The predicted molar refractivity (Wildman–Crippen MR) is 71.5 cm³/mol. The fraction of sp³-hybridized carbons (Fsp3) is 1.00. The summed E-state index contributed by atoms with van der Waals surface area (Å²) in [6.45, 7) is 12.5. The molecule has 0 aliphatic heterocycles. The summed E-state index contributed by atoms with van der Waals surface area (Å²) in [6.07, 6.45) is 1.01. The van der Waals surface area contributed by atoms with Crippen molar-refractivity contribution in [1.82, 2.24) is 0 Å². The molecule has 0 saturated carbocycles. The molecule has 0 aromatic rings. The van der Waals surface area contributed by atoms with Crippen LogP contribution in [0.25, 0.3) is 0 Å². The first-order chi connectivity index (χ1) is 7.86. The van der Waals surface area contributed by atoms with Crippen LogP contribution >= 0.6 is 0 Å². The van der Waals surface area contributed by atoms with Gasteiger partial charge in [-0.3, -0.25) is 0 Å². The van der Waals surface area contributed by atoms with E-state index in [1.54, 1.807) is 0 Å². The Hall–Kier alpha value is -0.0551. The van der Waals surface area contributed by atoms with E-state index in [1.165, 1.54) is 0 Å². The van der Waals surface area contributed by atoms with Crippen molar-refractivity contribution >= 4 is 7.85 Å². The molecule has 0 fully saturated rings. The van der Waals surface area contributed by atoms with Crippen molar-refractivity contribution in [3.63, 3.8) is 0 Å². The molecule has 0 aliphatic rings. The Morgan fingerprint density at radius 1 is 0.941 bits per heavy atom. The molecule has 100 valence electrons. The Labute approximate surface area is 108 Å². The second kappa shape index (κ2) is 8.95. The molecule has 3 nitrogen and oxygen atoms in total. The Balaban J connectivity index is 4.26. The summed E-state index contributed by atoms with van der Waals surface area (Å²) in [5, 5.41) is 0. The van der Waals surface area contributed by atoms with E-state index in [9.17, 15) is 0 Å². The van der Waals surface area contributed by atoms with E-state index in [0.29, 0.717) is 6.61 Å². The van der Waals surface area contributed by atoms with Crippen LogP contribution in [0.15, 0.2) is 0 Å². The molecular weight excluding hydrogens is 215 g/mol. The van der Waals surface area contributed by atoms with Crippen LogP contribution in [0, 0.1) is 0 Å². The molecule has 3 atom stereocenters. The van der Waals surface area contributed by atoms with Gasteiger partial charge in [0.15, 0.2) is 0 Å². The highest BCUT2D eigenvalue weighted by molar-refractivity contribution is 6.10. The highest BCUT2D eigenvalue weighted by Gasteiger charge is 2.22. The smallest absolute Gasteiger partial charge is 0.108 e. The van der Waals surface area contributed by atoms with Gasteiger partial charge in [-0.1, -0.05) is 6.92 Å². The summed E-state index contributed by atoms with van der Waals surface area (Å²) in [6, 6.07) is -0.256. The molecule has 4 heteroatoms. The topological polar surface area (TPSA) is 27.7 Å². The number of rotatable bonds is 9. The van der Waals surface area contributed by atoms with E-state index in [-0.39, 0.29) is 30.4 Å². The minimum absolute atomic E-state index is 0.0219. The molecule has 2 radical (unpaired) electrons. The van der Waals surface area contributed by atoms with Crippen LogP contribution in [-0.4, -0.2) is 44.9 Å². The molecule has 0 spiro atoms. The number of ether oxygens (including phenoxy) is 3. The van der Waals surface area contributed by atoms with Crippen molar-refractivity contribution in [2.75, 3.05) is 6.61 Å². The van der Waals surface area contributed by atoms with Crippen molar-refractivity contribution in [3.8, 4) is 0 Å². The minimum Gasteiger partial charge on any atom is -0.380 e. The molecule has 0 aromatic heterocycles. The SMILES string of the molecule is [B][C@@H](CC)O[C@@H](COC(C)C)C(C)OC(C)C. The average Bonchev–Trinajstić information content (AvgIpc) is 2.22. The van der Waals surface area contributed by atoms with Crippen LogP contribution in [0.1, 0.15) is 48.0 Å². The van der Waals surface area contributed by atoms with Crippen LogP contribution < -0.4 is 0 Å². The van der Waals surface area contributed by atoms with E-state index >= 15 is 0 Å². The van der Waals surface area contributed by atoms with E-state index in [2.05, 4.69) is 0 Å². The highest BCUT2D eigenvalue weighted by Crippen LogP contribution is 2.11. The lowest BCUT2D eigenvalue weighted by Gasteiger charge is -2.29. The standard InChI is InChI=1S/C13H27BO3/c1-7-13(14)17-12(8-15-9(2)3)11(6)16-10(4)5/h9-13H,7-8H2,1-6H3/t11?,12-,13+/m0/s1. The van der Waals surface area contributed by atoms with Gasteiger partial charge in [0.25, 0.3) is 0 Å². The first-order valence-corrected chi connectivity index (χ1v) is 6.54. The molecule has 0 amide bonds. The zero-order chi connectivity index (χ0) is 13.4. The monoisotopic (exact) mass is 242 g/mol. The Bertz CT molecular complexity index is 186. The van der Waals surface area contributed by atoms with Gasteiger partial charge >= 0.3 is 0 Å². The maximum atomic E-state index is 5.82. The zero-order valence-corrected chi connectivity index (χ0v) is 12.1. The molecule has 0 saturated heterocycles. The van der Waals surface area contributed by atoms with Gasteiger partial charge in [-0.25, -0.2) is 0 Å². The van der Waals surface area contributed by atoms with Gasteiger partial charge in [-0.2, -0.15) is 0 Å². The maximum Gasteiger partial charge on any atom is 0.108 e. The van der Waals surface area contributed by atoms with Crippen LogP contribution in [0.2, 0.25) is 0 Å². The third-order valence-corrected chi connectivity index (χ3v) is 2.36. The van der Waals surface area contributed by atoms with Gasteiger partial charge in [0.05, 0.1) is 24.9 Å². The van der Waals surface area contributed by atoms with E-state index in [4.69, 9.17) is 22.1 Å². The number of hydrogen-bond acceptors (Lipinski definition) is 3. The van der Waals surface area contributed by atoms with Crippen LogP contribution in [0.5, 0.6) is 0 Å². The van der Waals surface area contributed by atoms with Gasteiger partial charge in [-0.05, 0) is 41.0 Å². The van der Waals surface area contributed by atoms with Crippen LogP contribution in [-0.2, 0) is 14.2 Å². The molecule has 0 rings (SSSR count). The molecule has 0 aromatic carbocycles. The second-order valence-corrected chi connectivity index (χ2v) is 4.89. The zero-order valence-electron chi connectivity index (χ0n) is 12.1. The largest absolute Gasteiger partial charge is 0.380 e. The van der Waals surface area contributed by atoms with Crippen molar-refractivity contribution < 1.29 is 14.2 Å². The van der Waals surface area contributed by atoms with Gasteiger partial charge in [-0.15, -0.1) is 0 Å². The quantitative estimate of drug-likeness (QED) is 0.581. The molecule has 0 heterocycles. The van der Waals surface area contributed by atoms with Crippen molar-refractivity contribution in [2.24, 2.45) is 0 Å². The van der Waals surface area contributed by atoms with Gasteiger partial charge in [0, 0.05) is 6.00 Å². The van der Waals surface area contributed by atoms with E-state index in [0.717, 1.165) is 6.42 Å². The van der Waals surface area contributed by atoms with Gasteiger partial charge in [0.2, 0.25) is 0 Å². The van der Waals surface area contributed by atoms with Crippen molar-refractivity contribution in [2.45, 2.75) is 78.4 Å². The summed E-state index contributed by atoms with van der Waals surface area (Å²) in [5.41, 5.74) is 0. The third kappa shape index (κ3) is 8.64. The lowest BCUT2D eigenvalue weighted by molar-refractivity contribution is -0.126. The molecular formula is C13H27BO3. The van der Waals surface area contributed by atoms with Crippen molar-refractivity contribution in [1.29, 1.82) is 0 Å². The molecule has 0 N–H and O–H groups in total. The van der Waals surface area contributed by atoms with Crippen LogP contribution in [0.4, 0.5) is 0 Å². The minimum atomic E-state index is -0.256. The molecule has 0 bridgehead atoms. The van der Waals surface area contributed by atoms with Crippen molar-refractivity contribution in [3.05, 3.63) is 0 Å². The first kappa shape index (κ1) is 16.9. The highest BCUT2D eigenvalue weighted by atomic mass is 16.6. The van der Waals surface area contributed by atoms with Gasteiger partial charge in [0.1, 0.15) is 14.0 Å². The Morgan fingerprint density at radius 3 is 1.94 bits per heavy atom. The summed E-state index contributed by atoms with van der Waals surface area (Å²) < 4.78 is 17.1. The second-order valence-electron chi connectivity index (χ2n) is 4.89. The average molecular weight is 242 g/mol. The summed E-state index contributed by atoms with van der Waals surface area (Å²) >= 11 is 0. The van der Waals surface area contributed by atoms with Gasteiger partial charge < -0.3 is 14.2 Å². The Morgan fingerprint density at radius 2 is 1.53 bits per heavy atom. The van der Waals surface area contributed by atoms with Crippen LogP contribution in [0.3, 0.4) is 0 Å². The third-order valence-electron chi connectivity index (χ3n) is 2.36. The maximum absolute atomic E-state index is 5.82. The number of hydrogen-bond donors (Lipinski definition) is 0. The Kier molecular flexibility index (Phi) is 8.92. The molecule has 0 aliphatic carbocycles. The summed E-state index contributed by atoms with van der Waals surface area (Å²) in [7, 11) is 5.82. The van der Waals surface area contributed by atoms with E-state index < -0.39 is 0 Å². The normalized spacial score (nSPS) is 17.4. The fourth-order valence-corrected chi connectivity index (χ4v) is 1.41. The molecule has 17 heavy (non-hydrogen) atoms. The van der Waals surface area contributed by atoms with E-state index in [1.807, 2.05) is 41.5 Å². The fourth-order valence-electron chi connectivity index (χ4n) is 1.41. The summed E-state index contributed by atoms with van der Waals surface area (Å²) in [5.74, 6) is 0. The molecule has 1 unspecified atom stereocenters. The summed E-state index contributed by atoms with van der Waals surface area (Å²) in [4.78, 5) is 0. The lowest BCUT2D eigenvalue weighted by atomic mass is 9.97. The lowest BCUT2D eigenvalue weighted by Crippen LogP contribution is -2.38. The first-order valence-electron chi connectivity index (χ1n) is 6.54. The predicted octanol–water partition coefficient (Wildman–Crippen LogP) is 2.51.